The van der Waals surface area contributed by atoms with E-state index >= 15 is 0 Å². The van der Waals surface area contributed by atoms with Crippen molar-refractivity contribution < 1.29 is 13.9 Å². The highest BCUT2D eigenvalue weighted by Gasteiger charge is 2.27. The van der Waals surface area contributed by atoms with Gasteiger partial charge < -0.3 is 10.5 Å². The number of rotatable bonds is 4. The maximum Gasteiger partial charge on any atom is 0.342 e. The fourth-order valence-corrected chi connectivity index (χ4v) is 1.21. The molecule has 0 spiro atoms. The van der Waals surface area contributed by atoms with Gasteiger partial charge in [-0.1, -0.05) is 30.3 Å². The van der Waals surface area contributed by atoms with Crippen molar-refractivity contribution in [2.24, 2.45) is 5.73 Å². The first-order valence-electron chi connectivity index (χ1n) is 4.78. The summed E-state index contributed by atoms with van der Waals surface area (Å²) in [6, 6.07) is 7.67. The molecule has 0 aliphatic heterocycles. The number of carbonyl (C=O) groups excluding carboxylic acids is 1. The third-order valence-electron chi connectivity index (χ3n) is 2.01. The molecule has 90 valence electrons. The van der Waals surface area contributed by atoms with Crippen LogP contribution < -0.4 is 5.73 Å². The van der Waals surface area contributed by atoms with E-state index in [1.54, 1.807) is 37.3 Å². The number of benzene rings is 1. The van der Waals surface area contributed by atoms with Crippen LogP contribution >= 0.6 is 12.4 Å². The highest BCUT2D eigenvalue weighted by Crippen LogP contribution is 2.17. The van der Waals surface area contributed by atoms with Gasteiger partial charge in [0.1, 0.15) is 0 Å². The number of hydrogen-bond acceptors (Lipinski definition) is 3. The molecule has 5 heteroatoms. The van der Waals surface area contributed by atoms with E-state index in [1.807, 2.05) is 0 Å². The maximum absolute atomic E-state index is 13.5. The van der Waals surface area contributed by atoms with Gasteiger partial charge in [0.15, 0.2) is 0 Å². The maximum atomic E-state index is 13.5. The van der Waals surface area contributed by atoms with E-state index < -0.39 is 18.2 Å². The molecule has 0 fully saturated rings. The third-order valence-corrected chi connectivity index (χ3v) is 2.01. The molecule has 1 unspecified atom stereocenters. The van der Waals surface area contributed by atoms with Gasteiger partial charge in [0.2, 0.25) is 6.17 Å². The van der Waals surface area contributed by atoms with Crippen molar-refractivity contribution in [2.45, 2.75) is 19.1 Å². The van der Waals surface area contributed by atoms with Crippen LogP contribution in [0.4, 0.5) is 4.39 Å². The molecule has 0 saturated heterocycles. The van der Waals surface area contributed by atoms with Gasteiger partial charge in [-0.05, 0) is 12.5 Å². The van der Waals surface area contributed by atoms with Crippen LogP contribution in [-0.4, -0.2) is 18.7 Å². The predicted octanol–water partition coefficient (Wildman–Crippen LogP) is 2.01. The molecule has 1 rings (SSSR count). The molecule has 0 amide bonds. The lowest BCUT2D eigenvalue weighted by Gasteiger charge is -2.15. The summed E-state index contributed by atoms with van der Waals surface area (Å²) in [6.07, 6.45) is -1.81. The second-order valence-electron chi connectivity index (χ2n) is 3.09. The van der Waals surface area contributed by atoms with Gasteiger partial charge in [-0.2, -0.15) is 0 Å². The molecule has 3 nitrogen and oxygen atoms in total. The Kier molecular flexibility index (Phi) is 6.69. The van der Waals surface area contributed by atoms with Crippen LogP contribution in [0, 0.1) is 0 Å². The summed E-state index contributed by atoms with van der Waals surface area (Å²) in [4.78, 5) is 11.1. The van der Waals surface area contributed by atoms with Gasteiger partial charge in [-0.3, -0.25) is 0 Å². The first-order valence-corrected chi connectivity index (χ1v) is 4.78. The van der Waals surface area contributed by atoms with Crippen molar-refractivity contribution in [3.8, 4) is 0 Å². The SMILES string of the molecule is CCOC(=O)C(F)[C@@H](N)c1ccccc1.Cl. The van der Waals surface area contributed by atoms with Crippen LogP contribution in [0.5, 0.6) is 0 Å². The van der Waals surface area contributed by atoms with E-state index in [9.17, 15) is 9.18 Å². The highest BCUT2D eigenvalue weighted by molar-refractivity contribution is 5.85. The number of esters is 1. The van der Waals surface area contributed by atoms with Crippen molar-refractivity contribution in [1.82, 2.24) is 0 Å². The van der Waals surface area contributed by atoms with Crippen molar-refractivity contribution in [3.05, 3.63) is 35.9 Å². The monoisotopic (exact) mass is 247 g/mol. The minimum Gasteiger partial charge on any atom is -0.464 e. The first-order chi connectivity index (χ1) is 7.16. The van der Waals surface area contributed by atoms with Crippen molar-refractivity contribution in [1.29, 1.82) is 0 Å². The van der Waals surface area contributed by atoms with Crippen LogP contribution in [-0.2, 0) is 9.53 Å². The summed E-state index contributed by atoms with van der Waals surface area (Å²) in [5, 5.41) is 0. The Bertz CT molecular complexity index is 321. The second kappa shape index (κ2) is 7.19. The minimum absolute atomic E-state index is 0. The average molecular weight is 248 g/mol. The number of alkyl halides is 1. The predicted molar refractivity (Wildman–Crippen MR) is 62.1 cm³/mol. The zero-order valence-electron chi connectivity index (χ0n) is 8.93. The third kappa shape index (κ3) is 3.79. The number of hydrogen-bond donors (Lipinski definition) is 1. The van der Waals surface area contributed by atoms with E-state index in [0.29, 0.717) is 5.56 Å². The number of halogens is 2. The Balaban J connectivity index is 0.00000225. The van der Waals surface area contributed by atoms with Crippen LogP contribution in [0.2, 0.25) is 0 Å². The number of ether oxygens (including phenoxy) is 1. The molecule has 0 aromatic heterocycles. The van der Waals surface area contributed by atoms with E-state index in [1.165, 1.54) is 0 Å². The zero-order valence-corrected chi connectivity index (χ0v) is 9.75. The lowest BCUT2D eigenvalue weighted by atomic mass is 10.0. The van der Waals surface area contributed by atoms with Crippen LogP contribution in [0.25, 0.3) is 0 Å². The van der Waals surface area contributed by atoms with Gasteiger partial charge in [-0.25, -0.2) is 9.18 Å². The Morgan fingerprint density at radius 2 is 2.00 bits per heavy atom. The van der Waals surface area contributed by atoms with Gasteiger partial charge in [0.25, 0.3) is 0 Å². The quantitative estimate of drug-likeness (QED) is 0.828. The normalized spacial score (nSPS) is 13.4. The Morgan fingerprint density at radius 1 is 1.44 bits per heavy atom. The van der Waals surface area contributed by atoms with Crippen LogP contribution in [0.1, 0.15) is 18.5 Å². The summed E-state index contributed by atoms with van der Waals surface area (Å²) >= 11 is 0. The summed E-state index contributed by atoms with van der Waals surface area (Å²) < 4.78 is 18.0. The van der Waals surface area contributed by atoms with E-state index in [0.717, 1.165) is 0 Å². The van der Waals surface area contributed by atoms with E-state index in [4.69, 9.17) is 5.73 Å². The minimum atomic E-state index is -1.81. The molecule has 16 heavy (non-hydrogen) atoms. The average Bonchev–Trinajstić information content (AvgIpc) is 2.28. The molecule has 1 aromatic rings. The lowest BCUT2D eigenvalue weighted by Crippen LogP contribution is -2.31. The summed E-state index contributed by atoms with van der Waals surface area (Å²) in [5.41, 5.74) is 6.18. The molecular weight excluding hydrogens is 233 g/mol. The Hall–Kier alpha value is -1.13. The molecular formula is C11H15ClFNO2. The molecule has 2 N–H and O–H groups in total. The standard InChI is InChI=1S/C11H14FNO2.ClH/c1-2-15-11(14)9(12)10(13)8-6-4-3-5-7-8;/h3-7,9-10H,2,13H2,1H3;1H/t9?,10-;/m0./s1. The summed E-state index contributed by atoms with van der Waals surface area (Å²) in [6.45, 7) is 1.78. The van der Waals surface area contributed by atoms with E-state index in [-0.39, 0.29) is 19.0 Å². The smallest absolute Gasteiger partial charge is 0.342 e. The molecule has 0 radical (unpaired) electrons. The van der Waals surface area contributed by atoms with E-state index in [2.05, 4.69) is 4.74 Å². The van der Waals surface area contributed by atoms with Crippen molar-refractivity contribution in [3.63, 3.8) is 0 Å². The van der Waals surface area contributed by atoms with Gasteiger partial charge in [0.05, 0.1) is 12.6 Å². The molecule has 0 bridgehead atoms. The molecule has 1 aromatic carbocycles. The highest BCUT2D eigenvalue weighted by atomic mass is 35.5. The zero-order chi connectivity index (χ0) is 11.3. The fourth-order valence-electron chi connectivity index (χ4n) is 1.21. The van der Waals surface area contributed by atoms with Gasteiger partial charge in [0, 0.05) is 0 Å². The molecule has 0 saturated carbocycles. The molecule has 2 atom stereocenters. The second-order valence-corrected chi connectivity index (χ2v) is 3.09. The molecule has 0 heterocycles. The van der Waals surface area contributed by atoms with Crippen molar-refractivity contribution >= 4 is 18.4 Å². The van der Waals surface area contributed by atoms with Crippen LogP contribution in [0.3, 0.4) is 0 Å². The molecule has 0 aliphatic rings. The topological polar surface area (TPSA) is 52.3 Å². The Morgan fingerprint density at radius 3 is 2.50 bits per heavy atom. The number of nitrogens with two attached hydrogens (primary N) is 1. The van der Waals surface area contributed by atoms with Gasteiger partial charge >= 0.3 is 5.97 Å². The molecule has 0 aliphatic carbocycles. The Labute approximate surface area is 100 Å². The van der Waals surface area contributed by atoms with Crippen molar-refractivity contribution in [2.75, 3.05) is 6.61 Å². The lowest BCUT2D eigenvalue weighted by molar-refractivity contribution is -0.149. The summed E-state index contributed by atoms with van der Waals surface area (Å²) in [7, 11) is 0. The largest absolute Gasteiger partial charge is 0.464 e. The fraction of sp³-hybridized carbons (Fsp3) is 0.364. The van der Waals surface area contributed by atoms with Crippen LogP contribution in [0.15, 0.2) is 30.3 Å². The van der Waals surface area contributed by atoms with Gasteiger partial charge in [-0.15, -0.1) is 12.4 Å². The summed E-state index contributed by atoms with van der Waals surface area (Å²) in [5.74, 6) is -0.908. The first kappa shape index (κ1) is 14.9. The number of carbonyl (C=O) groups is 1.